The number of carbonyl (C=O) groups is 3. The Morgan fingerprint density at radius 1 is 0.976 bits per heavy atom. The van der Waals surface area contributed by atoms with Crippen LogP contribution in [0.4, 0.5) is 0 Å². The molecular formula is C31H36O9Si. The van der Waals surface area contributed by atoms with E-state index in [0.29, 0.717) is 22.6 Å². The average molecular weight is 581 g/mol. The van der Waals surface area contributed by atoms with Crippen LogP contribution in [0.2, 0.25) is 19.6 Å². The molecule has 0 N–H and O–H groups in total. The first-order valence-corrected chi connectivity index (χ1v) is 16.8. The van der Waals surface area contributed by atoms with E-state index in [-0.39, 0.29) is 25.4 Å². The van der Waals surface area contributed by atoms with E-state index in [2.05, 4.69) is 0 Å². The van der Waals surface area contributed by atoms with Crippen LogP contribution >= 0.6 is 0 Å². The molecule has 4 rings (SSSR count). The monoisotopic (exact) mass is 580 g/mol. The number of ketones is 1. The Morgan fingerprint density at radius 3 is 2.24 bits per heavy atom. The van der Waals surface area contributed by atoms with Gasteiger partial charge in [-0.25, -0.2) is 4.79 Å². The summed E-state index contributed by atoms with van der Waals surface area (Å²) in [4.78, 5) is 42.6. The first-order chi connectivity index (χ1) is 19.5. The van der Waals surface area contributed by atoms with E-state index >= 15 is 0 Å². The summed E-state index contributed by atoms with van der Waals surface area (Å²) in [5, 5.41) is 0. The zero-order chi connectivity index (χ0) is 29.8. The van der Waals surface area contributed by atoms with Gasteiger partial charge in [0.1, 0.15) is 24.2 Å². The van der Waals surface area contributed by atoms with Crippen molar-refractivity contribution < 1.29 is 42.5 Å². The molecule has 41 heavy (non-hydrogen) atoms. The molecule has 3 atom stereocenters. The van der Waals surface area contributed by atoms with Crippen molar-refractivity contribution in [2.75, 3.05) is 20.8 Å². The minimum absolute atomic E-state index is 0.0135. The Bertz CT molecular complexity index is 1340. The van der Waals surface area contributed by atoms with Gasteiger partial charge in [0.25, 0.3) is 0 Å². The number of rotatable bonds is 10. The van der Waals surface area contributed by atoms with Crippen molar-refractivity contribution in [1.82, 2.24) is 0 Å². The van der Waals surface area contributed by atoms with Crippen molar-refractivity contribution in [2.45, 2.75) is 51.3 Å². The first kappa shape index (κ1) is 30.1. The van der Waals surface area contributed by atoms with Gasteiger partial charge in [-0.05, 0) is 62.5 Å². The van der Waals surface area contributed by atoms with Crippen molar-refractivity contribution >= 4 is 31.8 Å². The second-order valence-electron chi connectivity index (χ2n) is 10.8. The van der Waals surface area contributed by atoms with Gasteiger partial charge >= 0.3 is 11.9 Å². The SMILES string of the molecule is CCOC(=O)[C@]12CC(O[Si](C)(C)C)=C[C@@H](OC)[C@@]1(C(=O)OCc1ccccc1)C(=O)C=C(c1ccc(OC)cc1)O2. The predicted molar refractivity (Wildman–Crippen MR) is 153 cm³/mol. The molecule has 0 aromatic heterocycles. The number of allylic oxidation sites excluding steroid dienone is 1. The highest BCUT2D eigenvalue weighted by Gasteiger charge is 2.76. The highest BCUT2D eigenvalue weighted by atomic mass is 28.4. The molecule has 1 aliphatic heterocycles. The lowest BCUT2D eigenvalue weighted by molar-refractivity contribution is -0.212. The molecule has 0 saturated carbocycles. The van der Waals surface area contributed by atoms with Crippen molar-refractivity contribution in [1.29, 1.82) is 0 Å². The molecule has 218 valence electrons. The molecule has 0 fully saturated rings. The second kappa shape index (κ2) is 11.9. The Kier molecular flexibility index (Phi) is 8.74. The summed E-state index contributed by atoms with van der Waals surface area (Å²) in [6.07, 6.45) is 1.30. The van der Waals surface area contributed by atoms with Gasteiger partial charge in [0.05, 0.1) is 25.9 Å². The maximum Gasteiger partial charge on any atom is 0.352 e. The van der Waals surface area contributed by atoms with Crippen LogP contribution in [0.15, 0.2) is 72.5 Å². The molecule has 10 heteroatoms. The molecule has 0 unspecified atom stereocenters. The Labute approximate surface area is 241 Å². The number of hydrogen-bond donors (Lipinski definition) is 0. The molecule has 0 bridgehead atoms. The second-order valence-corrected chi connectivity index (χ2v) is 15.2. The fourth-order valence-corrected chi connectivity index (χ4v) is 6.15. The van der Waals surface area contributed by atoms with Gasteiger partial charge in [-0.1, -0.05) is 30.3 Å². The van der Waals surface area contributed by atoms with Gasteiger partial charge in [0.15, 0.2) is 5.78 Å². The fraction of sp³-hybridized carbons (Fsp3) is 0.387. The maximum absolute atomic E-state index is 14.4. The lowest BCUT2D eigenvalue weighted by atomic mass is 9.59. The minimum Gasteiger partial charge on any atom is -0.547 e. The van der Waals surface area contributed by atoms with Crippen molar-refractivity contribution in [3.05, 3.63) is 83.6 Å². The summed E-state index contributed by atoms with van der Waals surface area (Å²) < 4.78 is 35.1. The number of hydrogen-bond acceptors (Lipinski definition) is 9. The normalized spacial score (nSPS) is 23.8. The predicted octanol–water partition coefficient (Wildman–Crippen LogP) is 4.82. The van der Waals surface area contributed by atoms with E-state index in [9.17, 15) is 14.4 Å². The Balaban J connectivity index is 1.92. The van der Waals surface area contributed by atoms with Crippen LogP contribution in [-0.4, -0.2) is 58.6 Å². The number of methoxy groups -OCH3 is 2. The van der Waals surface area contributed by atoms with E-state index < -0.39 is 43.2 Å². The number of fused-ring (bicyclic) bond motifs is 1. The first-order valence-electron chi connectivity index (χ1n) is 13.4. The largest absolute Gasteiger partial charge is 0.547 e. The number of carbonyl (C=O) groups excluding carboxylic acids is 3. The standard InChI is InChI=1S/C31H36O9Si/c1-7-37-28(33)30-19-24(40-41(4,5)6)17-27(36-3)31(30,29(34)38-20-21-11-9-8-10-12-21)26(32)18-25(39-30)22-13-15-23(35-2)16-14-22/h8-18,27H,7,19-20H2,1-6H3/t27-,30-,31-/m1/s1. The highest BCUT2D eigenvalue weighted by molar-refractivity contribution is 6.70. The van der Waals surface area contributed by atoms with Gasteiger partial charge < -0.3 is 28.1 Å². The van der Waals surface area contributed by atoms with Crippen LogP contribution in [0.25, 0.3) is 5.76 Å². The lowest BCUT2D eigenvalue weighted by Crippen LogP contribution is -2.71. The third-order valence-corrected chi connectivity index (χ3v) is 7.84. The molecular weight excluding hydrogens is 544 g/mol. The van der Waals surface area contributed by atoms with Crippen LogP contribution in [0.1, 0.15) is 24.5 Å². The topological polar surface area (TPSA) is 107 Å². The number of ether oxygens (including phenoxy) is 5. The summed E-state index contributed by atoms with van der Waals surface area (Å²) in [6, 6.07) is 15.8. The van der Waals surface area contributed by atoms with Crippen LogP contribution in [0.5, 0.6) is 5.75 Å². The minimum atomic E-state index is -2.24. The molecule has 2 aliphatic rings. The van der Waals surface area contributed by atoms with E-state index in [4.69, 9.17) is 28.1 Å². The van der Waals surface area contributed by atoms with Crippen molar-refractivity contribution in [3.63, 3.8) is 0 Å². The smallest absolute Gasteiger partial charge is 0.352 e. The van der Waals surface area contributed by atoms with E-state index in [0.717, 1.165) is 0 Å². The van der Waals surface area contributed by atoms with Gasteiger partial charge in [0, 0.05) is 18.7 Å². The third-order valence-electron chi connectivity index (χ3n) is 6.96. The third kappa shape index (κ3) is 5.66. The highest BCUT2D eigenvalue weighted by Crippen LogP contribution is 2.55. The zero-order valence-electron chi connectivity index (χ0n) is 24.2. The fourth-order valence-electron chi connectivity index (χ4n) is 5.22. The van der Waals surface area contributed by atoms with Crippen LogP contribution in [-0.2, 0) is 44.4 Å². The van der Waals surface area contributed by atoms with Crippen LogP contribution < -0.4 is 4.74 Å². The van der Waals surface area contributed by atoms with E-state index in [1.807, 2.05) is 37.8 Å². The number of esters is 2. The number of benzene rings is 2. The van der Waals surface area contributed by atoms with Crippen LogP contribution in [0, 0.1) is 5.41 Å². The van der Waals surface area contributed by atoms with E-state index in [1.165, 1.54) is 13.2 Å². The summed E-state index contributed by atoms with van der Waals surface area (Å²) in [5.41, 5.74) is -3.21. The maximum atomic E-state index is 14.4. The quantitative estimate of drug-likeness (QED) is 0.222. The molecule has 1 aliphatic carbocycles. The zero-order valence-corrected chi connectivity index (χ0v) is 25.2. The molecule has 0 amide bonds. The molecule has 0 saturated heterocycles. The summed E-state index contributed by atoms with van der Waals surface area (Å²) >= 11 is 0. The van der Waals surface area contributed by atoms with Gasteiger partial charge in [0.2, 0.25) is 19.3 Å². The van der Waals surface area contributed by atoms with Crippen molar-refractivity contribution in [3.8, 4) is 5.75 Å². The lowest BCUT2D eigenvalue weighted by Gasteiger charge is -2.52. The summed E-state index contributed by atoms with van der Waals surface area (Å²) in [7, 11) is 0.689. The molecule has 0 radical (unpaired) electrons. The summed E-state index contributed by atoms with van der Waals surface area (Å²) in [5.74, 6) is -1.48. The van der Waals surface area contributed by atoms with Crippen LogP contribution in [0.3, 0.4) is 0 Å². The molecule has 9 nitrogen and oxygen atoms in total. The van der Waals surface area contributed by atoms with E-state index in [1.54, 1.807) is 56.5 Å². The molecule has 2 aromatic rings. The molecule has 2 aromatic carbocycles. The average Bonchev–Trinajstić information content (AvgIpc) is 2.95. The Morgan fingerprint density at radius 2 is 1.66 bits per heavy atom. The summed E-state index contributed by atoms with van der Waals surface area (Å²) in [6.45, 7) is 7.46. The molecule has 0 spiro atoms. The Hall–Kier alpha value is -3.89. The van der Waals surface area contributed by atoms with Gasteiger partial charge in [-0.3, -0.25) is 9.59 Å². The molecule has 1 heterocycles. The van der Waals surface area contributed by atoms with Gasteiger partial charge in [-0.2, -0.15) is 0 Å². The van der Waals surface area contributed by atoms with Crippen molar-refractivity contribution in [2.24, 2.45) is 5.41 Å². The van der Waals surface area contributed by atoms with Gasteiger partial charge in [-0.15, -0.1) is 0 Å².